The summed E-state index contributed by atoms with van der Waals surface area (Å²) in [6, 6.07) is 1.76. The second kappa shape index (κ2) is 3.83. The number of nitrogens with two attached hydrogens (primary N) is 1. The lowest BCUT2D eigenvalue weighted by Crippen LogP contribution is -2.36. The van der Waals surface area contributed by atoms with Crippen LogP contribution >= 0.6 is 0 Å². The molecule has 1 atom stereocenters. The van der Waals surface area contributed by atoms with Gasteiger partial charge in [-0.05, 0) is 20.3 Å². The Labute approximate surface area is 101 Å². The van der Waals surface area contributed by atoms with Crippen molar-refractivity contribution in [1.29, 1.82) is 0 Å². The molecule has 0 amide bonds. The molecule has 1 aliphatic heterocycles. The van der Waals surface area contributed by atoms with Gasteiger partial charge < -0.3 is 11.1 Å². The van der Waals surface area contributed by atoms with E-state index in [-0.39, 0.29) is 17.5 Å². The van der Waals surface area contributed by atoms with Gasteiger partial charge in [-0.15, -0.1) is 0 Å². The van der Waals surface area contributed by atoms with E-state index in [1.807, 2.05) is 13.8 Å². The molecule has 0 bridgehead atoms. The number of sulfone groups is 1. The topological polar surface area (TPSA) is 98.0 Å². The van der Waals surface area contributed by atoms with Gasteiger partial charge in [-0.2, -0.15) is 4.98 Å². The Morgan fingerprint density at radius 1 is 1.47 bits per heavy atom. The Morgan fingerprint density at radius 2 is 2.18 bits per heavy atom. The first-order valence-electron chi connectivity index (χ1n) is 5.38. The van der Waals surface area contributed by atoms with Crippen molar-refractivity contribution in [3.05, 3.63) is 11.8 Å². The van der Waals surface area contributed by atoms with Crippen molar-refractivity contribution in [3.8, 4) is 0 Å². The van der Waals surface area contributed by atoms with Crippen LogP contribution < -0.4 is 11.1 Å². The van der Waals surface area contributed by atoms with Gasteiger partial charge in [0, 0.05) is 11.8 Å². The highest BCUT2D eigenvalue weighted by molar-refractivity contribution is 7.91. The van der Waals surface area contributed by atoms with Crippen LogP contribution in [0.1, 0.15) is 19.0 Å². The van der Waals surface area contributed by atoms with Crippen LogP contribution in [0.4, 0.5) is 11.8 Å². The molecular formula is C10H16N4O2S. The third-order valence-electron chi connectivity index (χ3n) is 2.80. The maximum atomic E-state index is 11.5. The molecule has 1 aromatic heterocycles. The van der Waals surface area contributed by atoms with Crippen LogP contribution in [0.25, 0.3) is 0 Å². The van der Waals surface area contributed by atoms with Crippen LogP contribution in [-0.2, 0) is 9.84 Å². The molecule has 0 radical (unpaired) electrons. The quantitative estimate of drug-likeness (QED) is 0.792. The first kappa shape index (κ1) is 12.1. The SMILES string of the molecule is Cc1cc(NC2(C)CCS(=O)(=O)C2)nc(N)n1. The fourth-order valence-corrected chi connectivity index (χ4v) is 4.17. The van der Waals surface area contributed by atoms with E-state index in [1.165, 1.54) is 0 Å². The highest BCUT2D eigenvalue weighted by atomic mass is 32.2. The van der Waals surface area contributed by atoms with Gasteiger partial charge in [0.25, 0.3) is 0 Å². The number of rotatable bonds is 2. The third kappa shape index (κ3) is 2.85. The maximum absolute atomic E-state index is 11.5. The first-order valence-corrected chi connectivity index (χ1v) is 7.20. The highest BCUT2D eigenvalue weighted by Crippen LogP contribution is 2.26. The minimum atomic E-state index is -2.93. The highest BCUT2D eigenvalue weighted by Gasteiger charge is 2.38. The van der Waals surface area contributed by atoms with Gasteiger partial charge in [0.15, 0.2) is 9.84 Å². The smallest absolute Gasteiger partial charge is 0.222 e. The summed E-state index contributed by atoms with van der Waals surface area (Å²) in [6.45, 7) is 3.70. The van der Waals surface area contributed by atoms with Gasteiger partial charge in [0.2, 0.25) is 5.95 Å². The summed E-state index contributed by atoms with van der Waals surface area (Å²) in [5.41, 5.74) is 5.84. The van der Waals surface area contributed by atoms with Gasteiger partial charge in [-0.3, -0.25) is 0 Å². The Bertz CT molecular complexity index is 523. The summed E-state index contributed by atoms with van der Waals surface area (Å²) in [7, 11) is -2.93. The molecule has 1 aliphatic rings. The van der Waals surface area contributed by atoms with E-state index in [1.54, 1.807) is 6.07 Å². The Balaban J connectivity index is 2.21. The second-order valence-electron chi connectivity index (χ2n) is 4.78. The van der Waals surface area contributed by atoms with Crippen molar-refractivity contribution in [1.82, 2.24) is 9.97 Å². The minimum absolute atomic E-state index is 0.128. The molecule has 17 heavy (non-hydrogen) atoms. The molecule has 7 heteroatoms. The molecule has 1 saturated heterocycles. The van der Waals surface area contributed by atoms with Crippen LogP contribution in [0.2, 0.25) is 0 Å². The molecule has 3 N–H and O–H groups in total. The van der Waals surface area contributed by atoms with E-state index in [2.05, 4.69) is 15.3 Å². The minimum Gasteiger partial charge on any atom is -0.368 e. The van der Waals surface area contributed by atoms with Gasteiger partial charge >= 0.3 is 0 Å². The molecule has 2 rings (SSSR count). The predicted molar refractivity (Wildman–Crippen MR) is 66.5 cm³/mol. The number of hydrogen-bond donors (Lipinski definition) is 2. The molecule has 1 unspecified atom stereocenters. The zero-order valence-corrected chi connectivity index (χ0v) is 10.7. The lowest BCUT2D eigenvalue weighted by Gasteiger charge is -2.24. The van der Waals surface area contributed by atoms with Gasteiger partial charge in [-0.25, -0.2) is 13.4 Å². The monoisotopic (exact) mass is 256 g/mol. The van der Waals surface area contributed by atoms with E-state index in [0.717, 1.165) is 5.69 Å². The lowest BCUT2D eigenvalue weighted by atomic mass is 10.0. The van der Waals surface area contributed by atoms with Crippen molar-refractivity contribution in [2.75, 3.05) is 22.6 Å². The molecule has 1 fully saturated rings. The molecule has 0 saturated carbocycles. The summed E-state index contributed by atoms with van der Waals surface area (Å²) in [5.74, 6) is 1.12. The fourth-order valence-electron chi connectivity index (χ4n) is 2.07. The van der Waals surface area contributed by atoms with Crippen LogP contribution in [0.5, 0.6) is 0 Å². The van der Waals surface area contributed by atoms with Crippen LogP contribution in [0.15, 0.2) is 6.07 Å². The van der Waals surface area contributed by atoms with Gasteiger partial charge in [0.1, 0.15) is 5.82 Å². The van der Waals surface area contributed by atoms with Gasteiger partial charge in [0.05, 0.1) is 17.0 Å². The van der Waals surface area contributed by atoms with Crippen LogP contribution in [-0.4, -0.2) is 35.4 Å². The largest absolute Gasteiger partial charge is 0.368 e. The third-order valence-corrected chi connectivity index (χ3v) is 4.71. The molecule has 0 spiro atoms. The van der Waals surface area contributed by atoms with E-state index in [0.29, 0.717) is 12.2 Å². The zero-order chi connectivity index (χ0) is 12.7. The summed E-state index contributed by atoms with van der Waals surface area (Å²) in [4.78, 5) is 8.02. The van der Waals surface area contributed by atoms with Crippen LogP contribution in [0.3, 0.4) is 0 Å². The van der Waals surface area contributed by atoms with Crippen molar-refractivity contribution in [2.45, 2.75) is 25.8 Å². The Morgan fingerprint density at radius 3 is 2.71 bits per heavy atom. The summed E-state index contributed by atoms with van der Waals surface area (Å²) in [6.07, 6.45) is 0.582. The summed E-state index contributed by atoms with van der Waals surface area (Å²) < 4.78 is 22.9. The van der Waals surface area contributed by atoms with E-state index >= 15 is 0 Å². The van der Waals surface area contributed by atoms with Crippen molar-refractivity contribution in [3.63, 3.8) is 0 Å². The van der Waals surface area contributed by atoms with Crippen molar-refractivity contribution < 1.29 is 8.42 Å². The normalized spacial score (nSPS) is 26.9. The number of aryl methyl sites for hydroxylation is 1. The number of nitrogens with zero attached hydrogens (tertiary/aromatic N) is 2. The molecule has 2 heterocycles. The van der Waals surface area contributed by atoms with Crippen molar-refractivity contribution in [2.24, 2.45) is 0 Å². The molecular weight excluding hydrogens is 240 g/mol. The number of nitrogen functional groups attached to an aromatic ring is 1. The van der Waals surface area contributed by atoms with Crippen LogP contribution in [0, 0.1) is 6.92 Å². The first-order chi connectivity index (χ1) is 7.78. The lowest BCUT2D eigenvalue weighted by molar-refractivity contribution is 0.572. The molecule has 1 aromatic rings. The number of hydrogen-bond acceptors (Lipinski definition) is 6. The Hall–Kier alpha value is -1.37. The molecule has 0 aliphatic carbocycles. The number of anilines is 2. The van der Waals surface area contributed by atoms with E-state index < -0.39 is 15.4 Å². The number of nitrogens with one attached hydrogen (secondary N) is 1. The standard InChI is InChI=1S/C10H16N4O2S/c1-7-5-8(13-9(11)12-7)14-10(2)3-4-17(15,16)6-10/h5H,3-4,6H2,1-2H3,(H3,11,12,13,14). The number of aromatic nitrogens is 2. The molecule has 94 valence electrons. The van der Waals surface area contributed by atoms with E-state index in [4.69, 9.17) is 5.73 Å². The fraction of sp³-hybridized carbons (Fsp3) is 0.600. The average Bonchev–Trinajstić information content (AvgIpc) is 2.37. The summed E-state index contributed by atoms with van der Waals surface area (Å²) >= 11 is 0. The maximum Gasteiger partial charge on any atom is 0.222 e. The Kier molecular flexibility index (Phi) is 2.73. The average molecular weight is 256 g/mol. The summed E-state index contributed by atoms with van der Waals surface area (Å²) in [5, 5.41) is 3.14. The molecule has 6 nitrogen and oxygen atoms in total. The van der Waals surface area contributed by atoms with Gasteiger partial charge in [-0.1, -0.05) is 0 Å². The van der Waals surface area contributed by atoms with E-state index in [9.17, 15) is 8.42 Å². The molecule has 0 aromatic carbocycles. The predicted octanol–water partition coefficient (Wildman–Crippen LogP) is 0.356. The second-order valence-corrected chi connectivity index (χ2v) is 6.96. The zero-order valence-electron chi connectivity index (χ0n) is 9.90. The van der Waals surface area contributed by atoms with Crippen molar-refractivity contribution >= 4 is 21.6 Å².